The number of hydrogen-bond donors (Lipinski definition) is 2. The zero-order valence-electron chi connectivity index (χ0n) is 18.8. The summed E-state index contributed by atoms with van der Waals surface area (Å²) in [4.78, 5) is 12.4. The molecule has 2 N–H and O–H groups in total. The van der Waals surface area contributed by atoms with Gasteiger partial charge in [-0.3, -0.25) is 4.57 Å². The summed E-state index contributed by atoms with van der Waals surface area (Å²) >= 11 is 4.97. The van der Waals surface area contributed by atoms with Crippen molar-refractivity contribution in [2.75, 3.05) is 12.4 Å². The van der Waals surface area contributed by atoms with Crippen molar-refractivity contribution < 1.29 is 9.53 Å². The first-order valence-electron chi connectivity index (χ1n) is 10.6. The van der Waals surface area contributed by atoms with E-state index in [9.17, 15) is 4.79 Å². The molecule has 0 saturated heterocycles. The van der Waals surface area contributed by atoms with Gasteiger partial charge in [0.05, 0.1) is 13.7 Å². The average Bonchev–Trinajstić information content (AvgIpc) is 3.26. The molecule has 9 heteroatoms. The fourth-order valence-electron chi connectivity index (χ4n) is 3.24. The van der Waals surface area contributed by atoms with E-state index in [1.165, 1.54) is 0 Å². The van der Waals surface area contributed by atoms with Crippen molar-refractivity contribution in [1.29, 1.82) is 0 Å². The number of anilines is 1. The molecule has 0 aliphatic rings. The van der Waals surface area contributed by atoms with Crippen LogP contribution in [0.5, 0.6) is 5.75 Å². The summed E-state index contributed by atoms with van der Waals surface area (Å²) in [6, 6.07) is 23.2. The number of nitrogens with one attached hydrogen (secondary N) is 2. The Bertz CT molecular complexity index is 1260. The SMILES string of the molecule is COc1cccc(CSc2nnc(CNC(=O)Nc3ccc(Br)cc3)n2-c2ccc(C)cc2)c1. The predicted octanol–water partition coefficient (Wildman–Crippen LogP) is 5.96. The lowest BCUT2D eigenvalue weighted by Gasteiger charge is -2.12. The van der Waals surface area contributed by atoms with E-state index >= 15 is 0 Å². The Labute approximate surface area is 211 Å². The Kier molecular flexibility index (Phi) is 7.87. The van der Waals surface area contributed by atoms with Gasteiger partial charge >= 0.3 is 6.03 Å². The number of urea groups is 1. The molecule has 0 saturated carbocycles. The van der Waals surface area contributed by atoms with Gasteiger partial charge < -0.3 is 15.4 Å². The molecule has 2 amide bonds. The fraction of sp³-hybridized carbons (Fsp3) is 0.160. The van der Waals surface area contributed by atoms with Crippen LogP contribution in [0.25, 0.3) is 5.69 Å². The highest BCUT2D eigenvalue weighted by atomic mass is 79.9. The van der Waals surface area contributed by atoms with Gasteiger partial charge in [0.2, 0.25) is 0 Å². The molecular formula is C25H24BrN5O2S. The lowest BCUT2D eigenvalue weighted by molar-refractivity contribution is 0.251. The maximum absolute atomic E-state index is 12.4. The molecule has 34 heavy (non-hydrogen) atoms. The smallest absolute Gasteiger partial charge is 0.319 e. The second-order valence-corrected chi connectivity index (χ2v) is 9.38. The van der Waals surface area contributed by atoms with E-state index in [2.05, 4.69) is 42.8 Å². The average molecular weight is 538 g/mol. The summed E-state index contributed by atoms with van der Waals surface area (Å²) < 4.78 is 8.25. The number of thioether (sulfide) groups is 1. The molecule has 0 bridgehead atoms. The third-order valence-electron chi connectivity index (χ3n) is 5.00. The fourth-order valence-corrected chi connectivity index (χ4v) is 4.42. The van der Waals surface area contributed by atoms with E-state index in [1.54, 1.807) is 18.9 Å². The van der Waals surface area contributed by atoms with Gasteiger partial charge in [-0.1, -0.05) is 57.5 Å². The zero-order valence-corrected chi connectivity index (χ0v) is 21.2. The van der Waals surface area contributed by atoms with Gasteiger partial charge in [0.25, 0.3) is 0 Å². The largest absolute Gasteiger partial charge is 0.497 e. The van der Waals surface area contributed by atoms with Crippen LogP contribution < -0.4 is 15.4 Å². The number of amides is 2. The molecule has 1 aromatic heterocycles. The van der Waals surface area contributed by atoms with E-state index in [-0.39, 0.29) is 12.6 Å². The molecule has 0 radical (unpaired) electrons. The first-order chi connectivity index (χ1) is 16.5. The van der Waals surface area contributed by atoms with E-state index in [1.807, 2.05) is 78.2 Å². The van der Waals surface area contributed by atoms with Gasteiger partial charge in [-0.15, -0.1) is 10.2 Å². The third-order valence-corrected chi connectivity index (χ3v) is 6.53. The van der Waals surface area contributed by atoms with Crippen LogP contribution in [-0.2, 0) is 12.3 Å². The van der Waals surface area contributed by atoms with Crippen molar-refractivity contribution in [2.24, 2.45) is 0 Å². The number of rotatable bonds is 8. The summed E-state index contributed by atoms with van der Waals surface area (Å²) in [5, 5.41) is 15.2. The third kappa shape index (κ3) is 6.18. The molecule has 0 unspecified atom stereocenters. The minimum atomic E-state index is -0.314. The van der Waals surface area contributed by atoms with Gasteiger partial charge in [0, 0.05) is 21.6 Å². The number of hydrogen-bond acceptors (Lipinski definition) is 5. The van der Waals surface area contributed by atoms with E-state index in [0.717, 1.165) is 32.2 Å². The second-order valence-electron chi connectivity index (χ2n) is 7.52. The van der Waals surface area contributed by atoms with E-state index < -0.39 is 0 Å². The number of nitrogens with zero attached hydrogens (tertiary/aromatic N) is 3. The molecular weight excluding hydrogens is 514 g/mol. The van der Waals surface area contributed by atoms with Crippen molar-refractivity contribution in [1.82, 2.24) is 20.1 Å². The standard InChI is InChI=1S/C25H24BrN5O2S/c1-17-6-12-21(13-7-17)31-23(15-27-24(32)28-20-10-8-19(26)9-11-20)29-30-25(31)34-16-18-4-3-5-22(14-18)33-2/h3-14H,15-16H2,1-2H3,(H2,27,28,32). The summed E-state index contributed by atoms with van der Waals surface area (Å²) in [6.07, 6.45) is 0. The predicted molar refractivity (Wildman–Crippen MR) is 139 cm³/mol. The van der Waals surface area contributed by atoms with E-state index in [4.69, 9.17) is 4.74 Å². The van der Waals surface area contributed by atoms with Crippen molar-refractivity contribution in [2.45, 2.75) is 24.4 Å². The van der Waals surface area contributed by atoms with Crippen LogP contribution in [0, 0.1) is 6.92 Å². The Morgan fingerprint density at radius 1 is 1.06 bits per heavy atom. The number of aromatic nitrogens is 3. The Hall–Kier alpha value is -3.30. The molecule has 4 rings (SSSR count). The summed E-state index contributed by atoms with van der Waals surface area (Å²) in [5.74, 6) is 2.17. The number of benzene rings is 3. The first-order valence-corrected chi connectivity index (χ1v) is 12.4. The molecule has 1 heterocycles. The molecule has 4 aromatic rings. The normalized spacial score (nSPS) is 10.7. The molecule has 7 nitrogen and oxygen atoms in total. The number of carbonyl (C=O) groups is 1. The maximum atomic E-state index is 12.4. The lowest BCUT2D eigenvalue weighted by Crippen LogP contribution is -2.29. The number of methoxy groups -OCH3 is 1. The number of aryl methyl sites for hydroxylation is 1. The van der Waals surface area contributed by atoms with Gasteiger partial charge in [-0.05, 0) is 61.0 Å². The highest BCUT2D eigenvalue weighted by molar-refractivity contribution is 9.10. The summed E-state index contributed by atoms with van der Waals surface area (Å²) in [6.45, 7) is 2.27. The van der Waals surface area contributed by atoms with Crippen LogP contribution in [0.1, 0.15) is 17.0 Å². The first kappa shape index (κ1) is 23.8. The summed E-state index contributed by atoms with van der Waals surface area (Å²) in [5.41, 5.74) is 3.93. The van der Waals surface area contributed by atoms with Crippen molar-refractivity contribution in [3.63, 3.8) is 0 Å². The number of carbonyl (C=O) groups excluding carboxylic acids is 1. The van der Waals surface area contributed by atoms with Crippen LogP contribution in [-0.4, -0.2) is 27.9 Å². The Morgan fingerprint density at radius 2 is 1.82 bits per heavy atom. The molecule has 0 aliphatic heterocycles. The highest BCUT2D eigenvalue weighted by Gasteiger charge is 2.16. The highest BCUT2D eigenvalue weighted by Crippen LogP contribution is 2.27. The quantitative estimate of drug-likeness (QED) is 0.271. The van der Waals surface area contributed by atoms with Crippen molar-refractivity contribution >= 4 is 39.4 Å². The van der Waals surface area contributed by atoms with Crippen LogP contribution in [0.3, 0.4) is 0 Å². The molecule has 174 valence electrons. The van der Waals surface area contributed by atoms with Crippen molar-refractivity contribution in [3.8, 4) is 11.4 Å². The van der Waals surface area contributed by atoms with Gasteiger partial charge in [-0.2, -0.15) is 0 Å². The van der Waals surface area contributed by atoms with Crippen molar-refractivity contribution in [3.05, 3.63) is 94.2 Å². The van der Waals surface area contributed by atoms with Crippen LogP contribution in [0.2, 0.25) is 0 Å². The summed E-state index contributed by atoms with van der Waals surface area (Å²) in [7, 11) is 1.66. The molecule has 0 fully saturated rings. The minimum Gasteiger partial charge on any atom is -0.497 e. The molecule has 0 spiro atoms. The molecule has 0 aliphatic carbocycles. The monoisotopic (exact) mass is 537 g/mol. The van der Waals surface area contributed by atoms with Gasteiger partial charge in [0.1, 0.15) is 5.75 Å². The minimum absolute atomic E-state index is 0.225. The topological polar surface area (TPSA) is 81.1 Å². The van der Waals surface area contributed by atoms with E-state index in [0.29, 0.717) is 17.3 Å². The van der Waals surface area contributed by atoms with Crippen LogP contribution in [0.15, 0.2) is 82.4 Å². The number of halogens is 1. The zero-order chi connectivity index (χ0) is 23.9. The molecule has 3 aromatic carbocycles. The van der Waals surface area contributed by atoms with Crippen LogP contribution in [0.4, 0.5) is 10.5 Å². The Morgan fingerprint density at radius 3 is 2.56 bits per heavy atom. The second kappa shape index (κ2) is 11.2. The van der Waals surface area contributed by atoms with Crippen LogP contribution >= 0.6 is 27.7 Å². The van der Waals surface area contributed by atoms with Gasteiger partial charge in [0.15, 0.2) is 11.0 Å². The lowest BCUT2D eigenvalue weighted by atomic mass is 10.2. The number of ether oxygens (including phenoxy) is 1. The van der Waals surface area contributed by atoms with Gasteiger partial charge in [-0.25, -0.2) is 4.79 Å². The maximum Gasteiger partial charge on any atom is 0.319 e. The Balaban J connectivity index is 1.50. The molecule has 0 atom stereocenters.